The molecule has 0 radical (unpaired) electrons. The molecule has 0 amide bonds. The minimum absolute atomic E-state index is 0.223. The molecule has 1 atom stereocenters. The summed E-state index contributed by atoms with van der Waals surface area (Å²) >= 11 is 0. The molecule has 1 aromatic heterocycles. The topological polar surface area (TPSA) is 40.3 Å². The number of hydrogen-bond acceptors (Lipinski definition) is 3. The molecule has 0 aliphatic carbocycles. The third-order valence-electron chi connectivity index (χ3n) is 5.70. The molecule has 2 aliphatic rings. The Morgan fingerprint density at radius 2 is 1.88 bits per heavy atom. The van der Waals surface area contributed by atoms with Crippen LogP contribution in [0.2, 0.25) is 0 Å². The third kappa shape index (κ3) is 2.89. The van der Waals surface area contributed by atoms with E-state index in [1.807, 2.05) is 0 Å². The van der Waals surface area contributed by atoms with Crippen LogP contribution in [-0.2, 0) is 6.42 Å². The van der Waals surface area contributed by atoms with Gasteiger partial charge in [0.25, 0.3) is 0 Å². The van der Waals surface area contributed by atoms with Crippen LogP contribution in [0.1, 0.15) is 29.3 Å². The zero-order valence-corrected chi connectivity index (χ0v) is 15.0. The fourth-order valence-electron chi connectivity index (χ4n) is 4.12. The summed E-state index contributed by atoms with van der Waals surface area (Å²) in [6.07, 6.45) is 2.41. The summed E-state index contributed by atoms with van der Waals surface area (Å²) < 4.78 is 5.90. The van der Waals surface area contributed by atoms with Crippen LogP contribution in [0, 0.1) is 0 Å². The number of likely N-dealkylation sites (tertiary alicyclic amines) is 1. The number of nitrogens with one attached hydrogen (secondary N) is 2. The molecule has 4 nitrogen and oxygen atoms in total. The van der Waals surface area contributed by atoms with Gasteiger partial charge in [-0.05, 0) is 55.3 Å². The minimum Gasteiger partial charge on any atom is -0.492 e. The van der Waals surface area contributed by atoms with Gasteiger partial charge in [-0.1, -0.05) is 30.3 Å². The molecule has 2 aliphatic heterocycles. The summed E-state index contributed by atoms with van der Waals surface area (Å²) in [5.74, 6) is 0.960. The van der Waals surface area contributed by atoms with Gasteiger partial charge in [-0.3, -0.25) is 4.90 Å². The maximum absolute atomic E-state index is 5.90. The predicted molar refractivity (Wildman–Crippen MR) is 105 cm³/mol. The van der Waals surface area contributed by atoms with E-state index in [0.29, 0.717) is 0 Å². The summed E-state index contributed by atoms with van der Waals surface area (Å²) in [5, 5.41) is 5.03. The van der Waals surface area contributed by atoms with Crippen molar-refractivity contribution in [3.63, 3.8) is 0 Å². The van der Waals surface area contributed by atoms with Crippen LogP contribution in [-0.4, -0.2) is 42.7 Å². The Hall–Kier alpha value is -2.30. The van der Waals surface area contributed by atoms with Gasteiger partial charge in [-0.2, -0.15) is 0 Å². The largest absolute Gasteiger partial charge is 0.492 e. The molecule has 26 heavy (non-hydrogen) atoms. The number of hydrogen-bond donors (Lipinski definition) is 2. The number of ether oxygens (including phenoxy) is 1. The first-order valence-electron chi connectivity index (χ1n) is 9.66. The molecule has 4 heteroatoms. The summed E-state index contributed by atoms with van der Waals surface area (Å²) in [6.45, 7) is 5.26. The van der Waals surface area contributed by atoms with E-state index in [4.69, 9.17) is 4.74 Å². The lowest BCUT2D eigenvalue weighted by atomic mass is 9.94. The van der Waals surface area contributed by atoms with Crippen LogP contribution in [0.3, 0.4) is 0 Å². The van der Waals surface area contributed by atoms with E-state index in [1.54, 1.807) is 0 Å². The summed E-state index contributed by atoms with van der Waals surface area (Å²) in [5.41, 5.74) is 5.29. The molecular formula is C22H25N3O. The van der Waals surface area contributed by atoms with Crippen molar-refractivity contribution >= 4 is 10.9 Å². The zero-order chi connectivity index (χ0) is 17.3. The van der Waals surface area contributed by atoms with Crippen molar-refractivity contribution in [2.45, 2.75) is 18.9 Å². The Morgan fingerprint density at radius 3 is 2.69 bits per heavy atom. The first-order valence-corrected chi connectivity index (χ1v) is 9.66. The normalized spacial score (nSPS) is 19.9. The van der Waals surface area contributed by atoms with E-state index in [9.17, 15) is 0 Å². The first-order chi connectivity index (χ1) is 12.9. The van der Waals surface area contributed by atoms with Crippen molar-refractivity contribution < 1.29 is 4.74 Å². The lowest BCUT2D eigenvalue weighted by Crippen LogP contribution is -2.39. The standard InChI is InChI=1S/C22H25N3O/c1-2-5-20-18(4-1)19-10-11-23-21(22(19)24-20)16-6-8-17(9-7-16)26-15-14-25-12-3-13-25/h1-2,4-9,21,23-24H,3,10-15H2/t21-/m1/s1. The average molecular weight is 347 g/mol. The van der Waals surface area contributed by atoms with Gasteiger partial charge in [0.2, 0.25) is 0 Å². The highest BCUT2D eigenvalue weighted by molar-refractivity contribution is 5.85. The molecule has 0 bridgehead atoms. The second-order valence-corrected chi connectivity index (χ2v) is 7.31. The van der Waals surface area contributed by atoms with E-state index in [0.717, 1.165) is 31.9 Å². The van der Waals surface area contributed by atoms with Crippen molar-refractivity contribution in [3.05, 3.63) is 65.4 Å². The smallest absolute Gasteiger partial charge is 0.119 e. The number of benzene rings is 2. The number of rotatable bonds is 5. The molecule has 0 spiro atoms. The molecule has 3 heterocycles. The van der Waals surface area contributed by atoms with Crippen LogP contribution >= 0.6 is 0 Å². The van der Waals surface area contributed by atoms with Gasteiger partial charge < -0.3 is 15.0 Å². The molecule has 5 rings (SSSR count). The summed E-state index contributed by atoms with van der Waals surface area (Å²) in [4.78, 5) is 6.07. The second kappa shape index (κ2) is 6.78. The molecule has 2 N–H and O–H groups in total. The SMILES string of the molecule is c1ccc2c3c([nH]c2c1)[C@@H](c1ccc(OCCN2CCC2)cc1)NCC3. The maximum Gasteiger partial charge on any atom is 0.119 e. The van der Waals surface area contributed by atoms with Gasteiger partial charge in [0.05, 0.1) is 6.04 Å². The van der Waals surface area contributed by atoms with Gasteiger partial charge >= 0.3 is 0 Å². The van der Waals surface area contributed by atoms with E-state index in [1.165, 1.54) is 47.2 Å². The van der Waals surface area contributed by atoms with Crippen molar-refractivity contribution in [2.24, 2.45) is 0 Å². The highest BCUT2D eigenvalue weighted by Crippen LogP contribution is 2.33. The Labute approximate surface area is 154 Å². The van der Waals surface area contributed by atoms with Gasteiger partial charge in [0.1, 0.15) is 12.4 Å². The highest BCUT2D eigenvalue weighted by atomic mass is 16.5. The minimum atomic E-state index is 0.223. The molecule has 3 aromatic rings. The fourth-order valence-corrected chi connectivity index (χ4v) is 4.12. The lowest BCUT2D eigenvalue weighted by Gasteiger charge is -2.30. The van der Waals surface area contributed by atoms with Crippen LogP contribution in [0.25, 0.3) is 10.9 Å². The second-order valence-electron chi connectivity index (χ2n) is 7.31. The molecule has 1 saturated heterocycles. The van der Waals surface area contributed by atoms with Crippen LogP contribution < -0.4 is 10.1 Å². The van der Waals surface area contributed by atoms with Gasteiger partial charge in [0.15, 0.2) is 0 Å². The quantitative estimate of drug-likeness (QED) is 0.742. The van der Waals surface area contributed by atoms with Gasteiger partial charge in [-0.25, -0.2) is 0 Å². The number of para-hydroxylation sites is 1. The first kappa shape index (κ1) is 15.9. The van der Waals surface area contributed by atoms with E-state index >= 15 is 0 Å². The highest BCUT2D eigenvalue weighted by Gasteiger charge is 2.25. The van der Waals surface area contributed by atoms with Crippen molar-refractivity contribution in [2.75, 3.05) is 32.8 Å². The Kier molecular flexibility index (Phi) is 4.15. The lowest BCUT2D eigenvalue weighted by molar-refractivity contribution is 0.147. The van der Waals surface area contributed by atoms with E-state index in [2.05, 4.69) is 63.7 Å². The summed E-state index contributed by atoms with van der Waals surface area (Å²) in [6, 6.07) is 17.4. The number of H-pyrrole nitrogens is 1. The number of aromatic amines is 1. The van der Waals surface area contributed by atoms with E-state index < -0.39 is 0 Å². The van der Waals surface area contributed by atoms with Crippen molar-refractivity contribution in [3.8, 4) is 5.75 Å². The molecule has 0 saturated carbocycles. The zero-order valence-electron chi connectivity index (χ0n) is 15.0. The molecule has 1 fully saturated rings. The Balaban J connectivity index is 1.34. The monoisotopic (exact) mass is 347 g/mol. The number of aromatic nitrogens is 1. The number of fused-ring (bicyclic) bond motifs is 3. The fraction of sp³-hybridized carbons (Fsp3) is 0.364. The van der Waals surface area contributed by atoms with Crippen LogP contribution in [0.5, 0.6) is 5.75 Å². The van der Waals surface area contributed by atoms with Crippen LogP contribution in [0.15, 0.2) is 48.5 Å². The molecule has 0 unspecified atom stereocenters. The molecule has 2 aromatic carbocycles. The van der Waals surface area contributed by atoms with Crippen molar-refractivity contribution in [1.82, 2.24) is 15.2 Å². The van der Waals surface area contributed by atoms with Gasteiger partial charge in [-0.15, -0.1) is 0 Å². The van der Waals surface area contributed by atoms with Crippen LogP contribution in [0.4, 0.5) is 0 Å². The summed E-state index contributed by atoms with van der Waals surface area (Å²) in [7, 11) is 0. The maximum atomic E-state index is 5.90. The Morgan fingerprint density at radius 1 is 1.04 bits per heavy atom. The predicted octanol–water partition coefficient (Wildman–Crippen LogP) is 3.49. The molecular weight excluding hydrogens is 322 g/mol. The average Bonchev–Trinajstić information content (AvgIpc) is 3.03. The van der Waals surface area contributed by atoms with Crippen molar-refractivity contribution in [1.29, 1.82) is 0 Å². The Bertz CT molecular complexity index is 895. The van der Waals surface area contributed by atoms with Gasteiger partial charge in [0, 0.05) is 29.7 Å². The molecule has 134 valence electrons. The van der Waals surface area contributed by atoms with E-state index in [-0.39, 0.29) is 6.04 Å². The number of nitrogens with zero attached hydrogens (tertiary/aromatic N) is 1. The third-order valence-corrected chi connectivity index (χ3v) is 5.70.